The largest absolute Gasteiger partial charge is 0.483 e. The van der Waals surface area contributed by atoms with E-state index < -0.39 is 0 Å². The topological polar surface area (TPSA) is 59.0 Å². The number of carbonyl (C=O) groups is 2. The van der Waals surface area contributed by atoms with Crippen LogP contribution in [0.5, 0.6) is 5.75 Å². The van der Waals surface area contributed by atoms with E-state index in [9.17, 15) is 9.59 Å². The summed E-state index contributed by atoms with van der Waals surface area (Å²) in [6.07, 6.45) is 1.36. The van der Waals surface area contributed by atoms with Gasteiger partial charge in [0.25, 0.3) is 5.91 Å². The molecule has 3 aromatic carbocycles. The maximum Gasteiger partial charge on any atom is 0.281 e. The summed E-state index contributed by atoms with van der Waals surface area (Å²) in [6.45, 7) is -0.193. The second-order valence-electron chi connectivity index (χ2n) is 7.53. The SMILES string of the molecule is O=Cc1ccccc1OCC(=O)N1N=C(c2ccc3ccccc3c2)CC1c1cccs1. The fourth-order valence-corrected chi connectivity index (χ4v) is 4.71. The molecule has 0 aliphatic carbocycles. The third-order valence-electron chi connectivity index (χ3n) is 5.52. The molecule has 32 heavy (non-hydrogen) atoms. The lowest BCUT2D eigenvalue weighted by Crippen LogP contribution is -2.31. The van der Waals surface area contributed by atoms with Crippen molar-refractivity contribution in [3.05, 3.63) is 100 Å². The van der Waals surface area contributed by atoms with Gasteiger partial charge in [-0.2, -0.15) is 5.10 Å². The fraction of sp³-hybridized carbons (Fsp3) is 0.115. The monoisotopic (exact) mass is 440 g/mol. The lowest BCUT2D eigenvalue weighted by atomic mass is 10.00. The number of hydrazone groups is 1. The number of benzene rings is 3. The van der Waals surface area contributed by atoms with Gasteiger partial charge in [0.05, 0.1) is 17.3 Å². The van der Waals surface area contributed by atoms with Gasteiger partial charge in [-0.05, 0) is 46.0 Å². The van der Waals surface area contributed by atoms with E-state index in [-0.39, 0.29) is 18.6 Å². The third kappa shape index (κ3) is 3.92. The van der Waals surface area contributed by atoms with Crippen molar-refractivity contribution < 1.29 is 14.3 Å². The van der Waals surface area contributed by atoms with Crippen LogP contribution in [-0.2, 0) is 4.79 Å². The van der Waals surface area contributed by atoms with Crippen molar-refractivity contribution in [1.82, 2.24) is 5.01 Å². The molecule has 0 fully saturated rings. The second-order valence-corrected chi connectivity index (χ2v) is 8.51. The predicted molar refractivity (Wildman–Crippen MR) is 126 cm³/mol. The zero-order valence-electron chi connectivity index (χ0n) is 17.2. The molecule has 0 bridgehead atoms. The van der Waals surface area contributed by atoms with Crippen molar-refractivity contribution >= 4 is 40.0 Å². The van der Waals surface area contributed by atoms with Gasteiger partial charge in [0.15, 0.2) is 12.9 Å². The van der Waals surface area contributed by atoms with Crippen LogP contribution in [0.15, 0.2) is 89.3 Å². The number of nitrogens with zero attached hydrogens (tertiary/aromatic N) is 2. The van der Waals surface area contributed by atoms with E-state index in [2.05, 4.69) is 30.3 Å². The van der Waals surface area contributed by atoms with Crippen molar-refractivity contribution in [3.8, 4) is 5.75 Å². The van der Waals surface area contributed by atoms with E-state index in [1.807, 2.05) is 29.6 Å². The standard InChI is InChI=1S/C26H20N2O3S/c29-16-21-8-3-4-9-24(21)31-17-26(30)28-23(25-10-5-13-32-25)15-22(27-28)20-12-11-18-6-1-2-7-19(18)14-20/h1-14,16,23H,15,17H2. The summed E-state index contributed by atoms with van der Waals surface area (Å²) in [5.74, 6) is 0.140. The number of hydrogen-bond acceptors (Lipinski definition) is 5. The van der Waals surface area contributed by atoms with Crippen LogP contribution in [0.1, 0.15) is 33.3 Å². The number of fused-ring (bicyclic) bond motifs is 1. The number of carbonyl (C=O) groups excluding carboxylic acids is 2. The first-order valence-corrected chi connectivity index (χ1v) is 11.2. The van der Waals surface area contributed by atoms with Crippen LogP contribution < -0.4 is 4.74 Å². The van der Waals surface area contributed by atoms with Gasteiger partial charge < -0.3 is 4.74 Å². The molecule has 0 spiro atoms. The summed E-state index contributed by atoms with van der Waals surface area (Å²) in [4.78, 5) is 25.4. The Morgan fingerprint density at radius 3 is 2.66 bits per heavy atom. The molecule has 2 heterocycles. The number of thiophene rings is 1. The normalized spacial score (nSPS) is 15.6. The summed E-state index contributed by atoms with van der Waals surface area (Å²) in [5.41, 5.74) is 2.29. The number of aldehydes is 1. The van der Waals surface area contributed by atoms with E-state index in [4.69, 9.17) is 9.84 Å². The smallest absolute Gasteiger partial charge is 0.281 e. The molecular weight excluding hydrogens is 420 g/mol. The Kier molecular flexibility index (Phi) is 5.52. The zero-order chi connectivity index (χ0) is 21.9. The van der Waals surface area contributed by atoms with Crippen LogP contribution in [-0.4, -0.2) is 29.5 Å². The van der Waals surface area contributed by atoms with E-state index in [0.717, 1.165) is 27.8 Å². The van der Waals surface area contributed by atoms with Crippen LogP contribution in [0, 0.1) is 0 Å². The van der Waals surface area contributed by atoms with Crippen molar-refractivity contribution in [2.75, 3.05) is 6.61 Å². The van der Waals surface area contributed by atoms with Gasteiger partial charge in [-0.3, -0.25) is 9.59 Å². The minimum absolute atomic E-state index is 0.172. The van der Waals surface area contributed by atoms with Crippen molar-refractivity contribution in [2.45, 2.75) is 12.5 Å². The number of para-hydroxylation sites is 1. The molecule has 6 heteroatoms. The molecule has 4 aromatic rings. The molecule has 1 aliphatic heterocycles. The highest BCUT2D eigenvalue weighted by Gasteiger charge is 2.34. The fourth-order valence-electron chi connectivity index (χ4n) is 3.90. The van der Waals surface area contributed by atoms with E-state index >= 15 is 0 Å². The van der Waals surface area contributed by atoms with Crippen molar-refractivity contribution in [2.24, 2.45) is 5.10 Å². The number of hydrogen-bond donors (Lipinski definition) is 0. The summed E-state index contributed by atoms with van der Waals surface area (Å²) >= 11 is 1.61. The maximum absolute atomic E-state index is 13.1. The molecule has 0 N–H and O–H groups in total. The predicted octanol–water partition coefficient (Wildman–Crippen LogP) is 5.47. The van der Waals surface area contributed by atoms with Gasteiger partial charge in [-0.15, -0.1) is 11.3 Å². The molecule has 0 saturated heterocycles. The lowest BCUT2D eigenvalue weighted by Gasteiger charge is -2.21. The summed E-state index contributed by atoms with van der Waals surface area (Å²) in [7, 11) is 0. The number of rotatable bonds is 6. The molecule has 1 aliphatic rings. The quantitative estimate of drug-likeness (QED) is 0.374. The molecule has 0 saturated carbocycles. The first-order chi connectivity index (χ1) is 15.7. The van der Waals surface area contributed by atoms with E-state index in [0.29, 0.717) is 17.7 Å². The van der Waals surface area contributed by atoms with E-state index in [1.54, 1.807) is 35.6 Å². The van der Waals surface area contributed by atoms with Gasteiger partial charge in [0.1, 0.15) is 5.75 Å². The van der Waals surface area contributed by atoms with E-state index in [1.165, 1.54) is 10.4 Å². The average molecular weight is 441 g/mol. The minimum Gasteiger partial charge on any atom is -0.483 e. The Bertz CT molecular complexity index is 1310. The number of amides is 1. The average Bonchev–Trinajstić information content (AvgIpc) is 3.52. The van der Waals surface area contributed by atoms with Gasteiger partial charge in [-0.25, -0.2) is 5.01 Å². The summed E-state index contributed by atoms with van der Waals surface area (Å²) < 4.78 is 5.68. The first kappa shape index (κ1) is 20.2. The Morgan fingerprint density at radius 1 is 1.03 bits per heavy atom. The van der Waals surface area contributed by atoms with Gasteiger partial charge in [0.2, 0.25) is 0 Å². The molecule has 1 amide bonds. The first-order valence-electron chi connectivity index (χ1n) is 10.3. The molecule has 1 aromatic heterocycles. The Labute approximate surface area is 189 Å². The Hall–Kier alpha value is -3.77. The molecule has 158 valence electrons. The number of ether oxygens (including phenoxy) is 1. The van der Waals surface area contributed by atoms with Crippen LogP contribution in [0.25, 0.3) is 10.8 Å². The van der Waals surface area contributed by atoms with Crippen LogP contribution >= 0.6 is 11.3 Å². The zero-order valence-corrected chi connectivity index (χ0v) is 18.0. The molecular formula is C26H20N2O3S. The van der Waals surface area contributed by atoms with Crippen LogP contribution in [0.2, 0.25) is 0 Å². The van der Waals surface area contributed by atoms with Crippen LogP contribution in [0.3, 0.4) is 0 Å². The maximum atomic E-state index is 13.1. The van der Waals surface area contributed by atoms with Crippen molar-refractivity contribution in [3.63, 3.8) is 0 Å². The van der Waals surface area contributed by atoms with Gasteiger partial charge in [-0.1, -0.05) is 54.6 Å². The minimum atomic E-state index is -0.250. The molecule has 5 nitrogen and oxygen atoms in total. The molecule has 0 radical (unpaired) electrons. The molecule has 1 atom stereocenters. The highest BCUT2D eigenvalue weighted by atomic mass is 32.1. The Morgan fingerprint density at radius 2 is 1.84 bits per heavy atom. The molecule has 5 rings (SSSR count). The highest BCUT2D eigenvalue weighted by molar-refractivity contribution is 7.10. The Balaban J connectivity index is 1.42. The summed E-state index contributed by atoms with van der Waals surface area (Å²) in [5, 5.41) is 10.5. The van der Waals surface area contributed by atoms with Gasteiger partial charge in [0, 0.05) is 11.3 Å². The second kappa shape index (κ2) is 8.77. The van der Waals surface area contributed by atoms with Gasteiger partial charge >= 0.3 is 0 Å². The van der Waals surface area contributed by atoms with Crippen LogP contribution in [0.4, 0.5) is 0 Å². The van der Waals surface area contributed by atoms with Crippen molar-refractivity contribution in [1.29, 1.82) is 0 Å². The summed E-state index contributed by atoms with van der Waals surface area (Å²) in [6, 6.07) is 25.1. The molecule has 1 unspecified atom stereocenters. The highest BCUT2D eigenvalue weighted by Crippen LogP contribution is 2.35. The lowest BCUT2D eigenvalue weighted by molar-refractivity contribution is -0.135. The third-order valence-corrected chi connectivity index (χ3v) is 6.49.